The van der Waals surface area contributed by atoms with Crippen molar-refractivity contribution in [3.8, 4) is 11.5 Å². The molecular weight excluding hydrogens is 370 g/mol. The van der Waals surface area contributed by atoms with Gasteiger partial charge in [-0.05, 0) is 43.2 Å². The van der Waals surface area contributed by atoms with Crippen LogP contribution in [0, 0.1) is 17.6 Å². The predicted octanol–water partition coefficient (Wildman–Crippen LogP) is 3.18. The third-order valence-corrected chi connectivity index (χ3v) is 4.95. The molecule has 6 nitrogen and oxygen atoms in total. The van der Waals surface area contributed by atoms with Gasteiger partial charge in [0.2, 0.25) is 12.7 Å². The van der Waals surface area contributed by atoms with Gasteiger partial charge in [0.1, 0.15) is 11.6 Å². The molecule has 1 saturated heterocycles. The molecule has 0 radical (unpaired) electrons. The summed E-state index contributed by atoms with van der Waals surface area (Å²) in [6.45, 7) is 0.757. The normalized spacial score (nSPS) is 16.1. The first-order valence-corrected chi connectivity index (χ1v) is 8.96. The number of carbonyl (C=O) groups excluding carboxylic acids is 2. The van der Waals surface area contributed by atoms with Crippen molar-refractivity contribution >= 4 is 17.5 Å². The summed E-state index contributed by atoms with van der Waals surface area (Å²) in [5.41, 5.74) is 0.317. The maximum absolute atomic E-state index is 13.8. The van der Waals surface area contributed by atoms with Gasteiger partial charge >= 0.3 is 0 Å². The van der Waals surface area contributed by atoms with E-state index >= 15 is 0 Å². The van der Waals surface area contributed by atoms with E-state index in [0.717, 1.165) is 18.2 Å². The maximum atomic E-state index is 13.8. The lowest BCUT2D eigenvalue weighted by Crippen LogP contribution is -2.41. The second-order valence-corrected chi connectivity index (χ2v) is 6.75. The van der Waals surface area contributed by atoms with Crippen LogP contribution in [-0.4, -0.2) is 36.6 Å². The fourth-order valence-corrected chi connectivity index (χ4v) is 3.40. The Hall–Kier alpha value is -3.16. The molecule has 8 heteroatoms. The van der Waals surface area contributed by atoms with Crippen LogP contribution in [0.2, 0.25) is 0 Å². The van der Waals surface area contributed by atoms with Gasteiger partial charge in [-0.1, -0.05) is 0 Å². The van der Waals surface area contributed by atoms with E-state index in [2.05, 4.69) is 5.32 Å². The summed E-state index contributed by atoms with van der Waals surface area (Å²) in [7, 11) is 0. The molecule has 0 bridgehead atoms. The van der Waals surface area contributed by atoms with E-state index in [4.69, 9.17) is 9.47 Å². The number of fused-ring (bicyclic) bond motifs is 1. The Labute approximate surface area is 160 Å². The Balaban J connectivity index is 1.35. The Morgan fingerprint density at radius 2 is 1.75 bits per heavy atom. The molecule has 1 N–H and O–H groups in total. The third-order valence-electron chi connectivity index (χ3n) is 4.95. The lowest BCUT2D eigenvalue weighted by molar-refractivity contribution is -0.121. The van der Waals surface area contributed by atoms with Crippen LogP contribution in [0.4, 0.5) is 14.5 Å². The van der Waals surface area contributed by atoms with Crippen molar-refractivity contribution in [2.45, 2.75) is 12.8 Å². The highest BCUT2D eigenvalue weighted by Crippen LogP contribution is 2.34. The smallest absolute Gasteiger partial charge is 0.256 e. The topological polar surface area (TPSA) is 67.9 Å². The SMILES string of the molecule is O=C(Nc1ccc2c(c1)OCO2)C1CCN(C(=O)c2cc(F)ccc2F)CC1. The zero-order chi connectivity index (χ0) is 19.7. The molecule has 0 atom stereocenters. The summed E-state index contributed by atoms with van der Waals surface area (Å²) in [6.07, 6.45) is 0.887. The van der Waals surface area contributed by atoms with E-state index in [1.54, 1.807) is 18.2 Å². The van der Waals surface area contributed by atoms with Crippen molar-refractivity contribution in [1.29, 1.82) is 0 Å². The highest BCUT2D eigenvalue weighted by Gasteiger charge is 2.29. The maximum Gasteiger partial charge on any atom is 0.256 e. The van der Waals surface area contributed by atoms with Crippen molar-refractivity contribution in [2.24, 2.45) is 5.92 Å². The van der Waals surface area contributed by atoms with Crippen molar-refractivity contribution in [3.05, 3.63) is 53.6 Å². The standard InChI is InChI=1S/C20H18F2N2O4/c21-13-1-3-16(22)15(9-13)20(26)24-7-5-12(6-8-24)19(25)23-14-2-4-17-18(10-14)28-11-27-17/h1-4,9-10,12H,5-8,11H2,(H,23,25). The lowest BCUT2D eigenvalue weighted by atomic mass is 9.95. The van der Waals surface area contributed by atoms with Crippen LogP contribution in [0.1, 0.15) is 23.2 Å². The molecule has 0 aliphatic carbocycles. The van der Waals surface area contributed by atoms with Gasteiger partial charge in [-0.2, -0.15) is 0 Å². The third kappa shape index (κ3) is 3.62. The molecule has 0 saturated carbocycles. The summed E-state index contributed by atoms with van der Waals surface area (Å²) in [5.74, 6) is -1.19. The van der Waals surface area contributed by atoms with Crippen molar-refractivity contribution in [2.75, 3.05) is 25.2 Å². The predicted molar refractivity (Wildman–Crippen MR) is 96.2 cm³/mol. The average Bonchev–Trinajstić information content (AvgIpc) is 3.17. The van der Waals surface area contributed by atoms with Crippen molar-refractivity contribution in [3.63, 3.8) is 0 Å². The molecule has 2 aliphatic heterocycles. The second-order valence-electron chi connectivity index (χ2n) is 6.75. The van der Waals surface area contributed by atoms with Crippen LogP contribution in [0.3, 0.4) is 0 Å². The van der Waals surface area contributed by atoms with E-state index in [1.807, 2.05) is 0 Å². The summed E-state index contributed by atoms with van der Waals surface area (Å²) >= 11 is 0. The van der Waals surface area contributed by atoms with Crippen LogP contribution in [0.5, 0.6) is 11.5 Å². The number of hydrogen-bond donors (Lipinski definition) is 1. The minimum Gasteiger partial charge on any atom is -0.454 e. The minimum atomic E-state index is -0.755. The quantitative estimate of drug-likeness (QED) is 0.877. The van der Waals surface area contributed by atoms with Gasteiger partial charge in [0.15, 0.2) is 11.5 Å². The number of rotatable bonds is 3. The van der Waals surface area contributed by atoms with Gasteiger partial charge in [0, 0.05) is 30.8 Å². The van der Waals surface area contributed by atoms with Crippen LogP contribution < -0.4 is 14.8 Å². The van der Waals surface area contributed by atoms with Crippen molar-refractivity contribution < 1.29 is 27.8 Å². The molecular formula is C20H18F2N2O4. The zero-order valence-electron chi connectivity index (χ0n) is 14.9. The molecule has 146 valence electrons. The number of benzene rings is 2. The number of nitrogens with one attached hydrogen (secondary N) is 1. The monoisotopic (exact) mass is 388 g/mol. The van der Waals surface area contributed by atoms with Crippen LogP contribution >= 0.6 is 0 Å². The van der Waals surface area contributed by atoms with Gasteiger partial charge in [0.05, 0.1) is 5.56 Å². The molecule has 1 fully saturated rings. The fourth-order valence-electron chi connectivity index (χ4n) is 3.40. The molecule has 0 aromatic heterocycles. The first-order valence-electron chi connectivity index (χ1n) is 8.96. The summed E-state index contributed by atoms with van der Waals surface area (Å²) in [6, 6.07) is 7.97. The number of likely N-dealkylation sites (tertiary alicyclic amines) is 1. The highest BCUT2D eigenvalue weighted by atomic mass is 19.1. The summed E-state index contributed by atoms with van der Waals surface area (Å²) in [4.78, 5) is 26.4. The van der Waals surface area contributed by atoms with Gasteiger partial charge in [-0.15, -0.1) is 0 Å². The molecule has 2 aromatic carbocycles. The molecule has 2 heterocycles. The van der Waals surface area contributed by atoms with E-state index in [9.17, 15) is 18.4 Å². The number of piperidine rings is 1. The molecule has 2 amide bonds. The minimum absolute atomic E-state index is 0.150. The molecule has 0 unspecified atom stereocenters. The van der Waals surface area contributed by atoms with Crippen LogP contribution in [0.25, 0.3) is 0 Å². The average molecular weight is 388 g/mol. The number of amides is 2. The fraction of sp³-hybridized carbons (Fsp3) is 0.300. The highest BCUT2D eigenvalue weighted by molar-refractivity contribution is 5.95. The van der Waals surface area contributed by atoms with Gasteiger partial charge in [-0.25, -0.2) is 8.78 Å². The second kappa shape index (κ2) is 7.46. The number of nitrogens with zero attached hydrogens (tertiary/aromatic N) is 1. The van der Waals surface area contributed by atoms with E-state index in [-0.39, 0.29) is 24.2 Å². The first kappa shape index (κ1) is 18.2. The van der Waals surface area contributed by atoms with Gasteiger partial charge < -0.3 is 19.7 Å². The Bertz CT molecular complexity index is 926. The Kier molecular flexibility index (Phi) is 4.85. The van der Waals surface area contributed by atoms with Crippen LogP contribution in [-0.2, 0) is 4.79 Å². The largest absolute Gasteiger partial charge is 0.454 e. The van der Waals surface area contributed by atoms with E-state index in [1.165, 1.54) is 4.90 Å². The van der Waals surface area contributed by atoms with Crippen molar-refractivity contribution in [1.82, 2.24) is 4.90 Å². The van der Waals surface area contributed by atoms with E-state index < -0.39 is 17.5 Å². The van der Waals surface area contributed by atoms with Gasteiger partial charge in [0.25, 0.3) is 5.91 Å². The Morgan fingerprint density at radius 3 is 2.54 bits per heavy atom. The molecule has 0 spiro atoms. The molecule has 4 rings (SSSR count). The summed E-state index contributed by atoms with van der Waals surface area (Å²) in [5, 5.41) is 2.85. The molecule has 2 aliphatic rings. The summed E-state index contributed by atoms with van der Waals surface area (Å²) < 4.78 is 37.7. The van der Waals surface area contributed by atoms with Crippen LogP contribution in [0.15, 0.2) is 36.4 Å². The lowest BCUT2D eigenvalue weighted by Gasteiger charge is -2.31. The van der Waals surface area contributed by atoms with Gasteiger partial charge in [-0.3, -0.25) is 9.59 Å². The number of ether oxygens (including phenoxy) is 2. The number of hydrogen-bond acceptors (Lipinski definition) is 4. The van der Waals surface area contributed by atoms with E-state index in [0.29, 0.717) is 43.1 Å². The molecule has 28 heavy (non-hydrogen) atoms. The number of carbonyl (C=O) groups is 2. The number of anilines is 1. The Morgan fingerprint density at radius 1 is 1.00 bits per heavy atom. The zero-order valence-corrected chi connectivity index (χ0v) is 14.9. The number of halogens is 2. The first-order chi connectivity index (χ1) is 13.5. The molecule has 2 aromatic rings.